The van der Waals surface area contributed by atoms with Gasteiger partial charge < -0.3 is 10.4 Å². The van der Waals surface area contributed by atoms with E-state index in [0.717, 1.165) is 6.54 Å². The van der Waals surface area contributed by atoms with Gasteiger partial charge in [-0.15, -0.1) is 23.7 Å². The topological polar surface area (TPSA) is 32.3 Å². The Morgan fingerprint density at radius 3 is 2.91 bits per heavy atom. The molecule has 1 heterocycles. The molecule has 0 saturated heterocycles. The molecule has 1 aromatic heterocycles. The van der Waals surface area contributed by atoms with Crippen molar-refractivity contribution in [1.29, 1.82) is 0 Å². The molecule has 0 radical (unpaired) electrons. The third-order valence-electron chi connectivity index (χ3n) is 1.17. The SMILES string of the molecule is Cl.OCCNCc1cccs1. The molecule has 0 unspecified atom stereocenters. The van der Waals surface area contributed by atoms with Gasteiger partial charge >= 0.3 is 0 Å². The van der Waals surface area contributed by atoms with Crippen molar-refractivity contribution in [3.63, 3.8) is 0 Å². The first-order chi connectivity index (χ1) is 4.93. The van der Waals surface area contributed by atoms with E-state index < -0.39 is 0 Å². The summed E-state index contributed by atoms with van der Waals surface area (Å²) in [5.41, 5.74) is 0. The fourth-order valence-corrected chi connectivity index (χ4v) is 1.38. The average molecular weight is 194 g/mol. The fraction of sp³-hybridized carbons (Fsp3) is 0.429. The summed E-state index contributed by atoms with van der Waals surface area (Å²) >= 11 is 1.73. The summed E-state index contributed by atoms with van der Waals surface area (Å²) in [4.78, 5) is 1.31. The summed E-state index contributed by atoms with van der Waals surface area (Å²) in [6, 6.07) is 4.11. The van der Waals surface area contributed by atoms with Gasteiger partial charge in [-0.25, -0.2) is 0 Å². The predicted molar refractivity (Wildman–Crippen MR) is 50.4 cm³/mol. The zero-order valence-electron chi connectivity index (χ0n) is 6.12. The Hall–Kier alpha value is -0.0900. The lowest BCUT2D eigenvalue weighted by Crippen LogP contribution is -2.16. The molecular weight excluding hydrogens is 182 g/mol. The number of hydrogen-bond donors (Lipinski definition) is 2. The number of halogens is 1. The van der Waals surface area contributed by atoms with E-state index in [1.807, 2.05) is 6.07 Å². The minimum atomic E-state index is 0. The summed E-state index contributed by atoms with van der Waals surface area (Å²) in [6.07, 6.45) is 0. The molecule has 2 N–H and O–H groups in total. The van der Waals surface area contributed by atoms with Gasteiger partial charge in [0.2, 0.25) is 0 Å². The molecule has 0 aliphatic rings. The van der Waals surface area contributed by atoms with E-state index in [1.54, 1.807) is 11.3 Å². The molecule has 0 spiro atoms. The first kappa shape index (κ1) is 10.9. The maximum Gasteiger partial charge on any atom is 0.0556 e. The van der Waals surface area contributed by atoms with Gasteiger partial charge in [0.25, 0.3) is 0 Å². The predicted octanol–water partition coefficient (Wildman–Crippen LogP) is 1.25. The van der Waals surface area contributed by atoms with Gasteiger partial charge in [-0.3, -0.25) is 0 Å². The lowest BCUT2D eigenvalue weighted by molar-refractivity contribution is 0.292. The van der Waals surface area contributed by atoms with Gasteiger partial charge in [-0.2, -0.15) is 0 Å². The average Bonchev–Trinajstić information content (AvgIpc) is 2.41. The van der Waals surface area contributed by atoms with E-state index in [2.05, 4.69) is 16.8 Å². The van der Waals surface area contributed by atoms with E-state index in [1.165, 1.54) is 4.88 Å². The van der Waals surface area contributed by atoms with Crippen molar-refractivity contribution in [2.75, 3.05) is 13.2 Å². The van der Waals surface area contributed by atoms with Crippen molar-refractivity contribution in [3.05, 3.63) is 22.4 Å². The van der Waals surface area contributed by atoms with Crippen LogP contribution in [0.2, 0.25) is 0 Å². The van der Waals surface area contributed by atoms with E-state index >= 15 is 0 Å². The number of thiophene rings is 1. The van der Waals surface area contributed by atoms with Crippen LogP contribution in [0, 0.1) is 0 Å². The zero-order valence-corrected chi connectivity index (χ0v) is 7.75. The molecule has 1 rings (SSSR count). The summed E-state index contributed by atoms with van der Waals surface area (Å²) in [5, 5.41) is 13.6. The van der Waals surface area contributed by atoms with Gasteiger partial charge in [0, 0.05) is 18.0 Å². The van der Waals surface area contributed by atoms with Gasteiger partial charge in [0.15, 0.2) is 0 Å². The molecule has 2 nitrogen and oxygen atoms in total. The van der Waals surface area contributed by atoms with E-state index in [0.29, 0.717) is 6.54 Å². The highest BCUT2D eigenvalue weighted by Gasteiger charge is 1.89. The normalized spacial score (nSPS) is 9.18. The first-order valence-corrected chi connectivity index (χ1v) is 4.15. The van der Waals surface area contributed by atoms with Crippen LogP contribution in [-0.4, -0.2) is 18.3 Å². The van der Waals surface area contributed by atoms with Crippen LogP contribution >= 0.6 is 23.7 Å². The van der Waals surface area contributed by atoms with Crippen LogP contribution in [0.4, 0.5) is 0 Å². The van der Waals surface area contributed by atoms with Crippen LogP contribution in [0.3, 0.4) is 0 Å². The highest BCUT2D eigenvalue weighted by molar-refractivity contribution is 7.09. The molecule has 0 saturated carbocycles. The van der Waals surface area contributed by atoms with Crippen LogP contribution in [0.1, 0.15) is 4.88 Å². The molecule has 0 atom stereocenters. The third-order valence-corrected chi connectivity index (χ3v) is 2.04. The van der Waals surface area contributed by atoms with E-state index in [9.17, 15) is 0 Å². The molecule has 0 aliphatic heterocycles. The van der Waals surface area contributed by atoms with Gasteiger partial charge in [0.1, 0.15) is 0 Å². The molecular formula is C7H12ClNOS. The zero-order chi connectivity index (χ0) is 7.23. The molecule has 0 aromatic carbocycles. The van der Waals surface area contributed by atoms with Crippen LogP contribution < -0.4 is 5.32 Å². The van der Waals surface area contributed by atoms with Crippen molar-refractivity contribution >= 4 is 23.7 Å². The fourth-order valence-electron chi connectivity index (χ4n) is 0.704. The number of aliphatic hydroxyl groups is 1. The van der Waals surface area contributed by atoms with Crippen LogP contribution in [0.5, 0.6) is 0 Å². The Kier molecular flexibility index (Phi) is 6.56. The Morgan fingerprint density at radius 1 is 1.55 bits per heavy atom. The van der Waals surface area contributed by atoms with Crippen molar-refractivity contribution in [3.8, 4) is 0 Å². The minimum absolute atomic E-state index is 0. The second-order valence-corrected chi connectivity index (χ2v) is 3.01. The third kappa shape index (κ3) is 4.37. The van der Waals surface area contributed by atoms with Crippen molar-refractivity contribution in [2.24, 2.45) is 0 Å². The second-order valence-electron chi connectivity index (χ2n) is 1.98. The number of aliphatic hydroxyl groups excluding tert-OH is 1. The summed E-state index contributed by atoms with van der Waals surface area (Å²) in [7, 11) is 0. The highest BCUT2D eigenvalue weighted by atomic mass is 35.5. The van der Waals surface area contributed by atoms with E-state index in [4.69, 9.17) is 5.11 Å². The maximum atomic E-state index is 8.44. The van der Waals surface area contributed by atoms with Crippen LogP contribution in [0.15, 0.2) is 17.5 Å². The summed E-state index contributed by atoms with van der Waals surface area (Å²) in [6.45, 7) is 1.77. The Bertz CT molecular complexity index is 167. The Morgan fingerprint density at radius 2 is 2.36 bits per heavy atom. The van der Waals surface area contributed by atoms with E-state index in [-0.39, 0.29) is 19.0 Å². The van der Waals surface area contributed by atoms with Crippen LogP contribution in [-0.2, 0) is 6.54 Å². The van der Waals surface area contributed by atoms with Crippen molar-refractivity contribution in [2.45, 2.75) is 6.54 Å². The van der Waals surface area contributed by atoms with Crippen LogP contribution in [0.25, 0.3) is 0 Å². The minimum Gasteiger partial charge on any atom is -0.395 e. The number of rotatable bonds is 4. The molecule has 4 heteroatoms. The largest absolute Gasteiger partial charge is 0.395 e. The molecule has 0 amide bonds. The van der Waals surface area contributed by atoms with Gasteiger partial charge in [0.05, 0.1) is 6.61 Å². The lowest BCUT2D eigenvalue weighted by Gasteiger charge is -1.97. The molecule has 64 valence electrons. The number of hydrogen-bond acceptors (Lipinski definition) is 3. The Balaban J connectivity index is 0.000001000. The first-order valence-electron chi connectivity index (χ1n) is 3.27. The smallest absolute Gasteiger partial charge is 0.0556 e. The second kappa shape index (κ2) is 6.61. The monoisotopic (exact) mass is 193 g/mol. The summed E-state index contributed by atoms with van der Waals surface area (Å²) in [5.74, 6) is 0. The van der Waals surface area contributed by atoms with Crippen molar-refractivity contribution in [1.82, 2.24) is 5.32 Å². The maximum absolute atomic E-state index is 8.44. The molecule has 0 aliphatic carbocycles. The molecule has 1 aromatic rings. The lowest BCUT2D eigenvalue weighted by atomic mass is 10.4. The number of nitrogens with one attached hydrogen (secondary N) is 1. The Labute approximate surface area is 76.7 Å². The summed E-state index contributed by atoms with van der Waals surface area (Å²) < 4.78 is 0. The van der Waals surface area contributed by atoms with Gasteiger partial charge in [-0.05, 0) is 11.4 Å². The van der Waals surface area contributed by atoms with Crippen molar-refractivity contribution < 1.29 is 5.11 Å². The molecule has 0 bridgehead atoms. The quantitative estimate of drug-likeness (QED) is 0.706. The molecule has 11 heavy (non-hydrogen) atoms. The highest BCUT2D eigenvalue weighted by Crippen LogP contribution is 2.06. The van der Waals surface area contributed by atoms with Gasteiger partial charge in [-0.1, -0.05) is 6.07 Å². The standard InChI is InChI=1S/C7H11NOS.ClH/c9-4-3-8-6-7-2-1-5-10-7;/h1-2,5,8-9H,3-4,6H2;1H. The molecule has 0 fully saturated rings.